The molecule has 0 bridgehead atoms. The number of likely N-dealkylation sites (tertiary alicyclic amines) is 1. The fourth-order valence-corrected chi connectivity index (χ4v) is 3.02. The predicted octanol–water partition coefficient (Wildman–Crippen LogP) is 1.62. The van der Waals surface area contributed by atoms with Crippen molar-refractivity contribution in [2.24, 2.45) is 0 Å². The van der Waals surface area contributed by atoms with Crippen LogP contribution in [0.5, 0.6) is 0 Å². The summed E-state index contributed by atoms with van der Waals surface area (Å²) in [7, 11) is 1.68. The number of carbonyl (C=O) groups is 2. The average molecular weight is 371 g/mol. The van der Waals surface area contributed by atoms with Gasteiger partial charge in [0.1, 0.15) is 5.82 Å². The lowest BCUT2D eigenvalue weighted by Crippen LogP contribution is -2.37. The van der Waals surface area contributed by atoms with Crippen molar-refractivity contribution in [1.82, 2.24) is 24.7 Å². The van der Waals surface area contributed by atoms with Crippen molar-refractivity contribution in [2.75, 3.05) is 33.2 Å². The molecule has 0 saturated carbocycles. The zero-order valence-corrected chi connectivity index (χ0v) is 15.2. The van der Waals surface area contributed by atoms with Gasteiger partial charge in [-0.05, 0) is 26.3 Å². The monoisotopic (exact) mass is 371 g/mol. The lowest BCUT2D eigenvalue weighted by molar-refractivity contribution is -0.130. The van der Waals surface area contributed by atoms with Crippen molar-refractivity contribution < 1.29 is 18.4 Å². The van der Waals surface area contributed by atoms with Crippen LogP contribution in [0.4, 0.5) is 8.78 Å². The quantitative estimate of drug-likeness (QED) is 0.670. The molecule has 0 atom stereocenters. The summed E-state index contributed by atoms with van der Waals surface area (Å²) < 4.78 is 26.4. The van der Waals surface area contributed by atoms with E-state index in [1.54, 1.807) is 11.9 Å². The predicted molar refractivity (Wildman–Crippen MR) is 92.5 cm³/mol. The van der Waals surface area contributed by atoms with Crippen molar-refractivity contribution in [2.45, 2.75) is 45.2 Å². The third-order valence-corrected chi connectivity index (χ3v) is 4.38. The molecule has 0 unspecified atom stereocenters. The number of likely N-dealkylation sites (N-methyl/N-ethyl adjacent to an activating group) is 1. The molecule has 2 rings (SSSR count). The number of halogens is 2. The number of hydrogen-bond donors (Lipinski definition) is 1. The third-order valence-electron chi connectivity index (χ3n) is 4.38. The van der Waals surface area contributed by atoms with Crippen LogP contribution in [0, 0.1) is 0 Å². The summed E-state index contributed by atoms with van der Waals surface area (Å²) in [6, 6.07) is 0. The van der Waals surface area contributed by atoms with Gasteiger partial charge in [0.2, 0.25) is 11.8 Å². The van der Waals surface area contributed by atoms with Crippen LogP contribution in [0.25, 0.3) is 0 Å². The summed E-state index contributed by atoms with van der Waals surface area (Å²) >= 11 is 0. The Kier molecular flexibility index (Phi) is 7.96. The molecular weight excluding hydrogens is 344 g/mol. The van der Waals surface area contributed by atoms with E-state index < -0.39 is 6.55 Å². The molecule has 2 amide bonds. The van der Waals surface area contributed by atoms with E-state index in [4.69, 9.17) is 0 Å². The molecule has 146 valence electrons. The van der Waals surface area contributed by atoms with Gasteiger partial charge in [-0.25, -0.2) is 4.98 Å². The van der Waals surface area contributed by atoms with Crippen LogP contribution in [0.1, 0.15) is 44.5 Å². The second-order valence-electron chi connectivity index (χ2n) is 6.60. The van der Waals surface area contributed by atoms with Crippen molar-refractivity contribution in [1.29, 1.82) is 0 Å². The van der Waals surface area contributed by atoms with Gasteiger partial charge in [0.15, 0.2) is 0 Å². The first-order valence-electron chi connectivity index (χ1n) is 9.00. The Balaban J connectivity index is 1.65. The molecule has 7 nitrogen and oxygen atoms in total. The summed E-state index contributed by atoms with van der Waals surface area (Å²) in [6.07, 6.45) is 6.95. The molecule has 1 saturated heterocycles. The minimum absolute atomic E-state index is 0.0960. The maximum absolute atomic E-state index is 12.8. The second-order valence-corrected chi connectivity index (χ2v) is 6.60. The highest BCUT2D eigenvalue weighted by Crippen LogP contribution is 2.13. The fraction of sp³-hybridized carbons (Fsp3) is 0.706. The standard InChI is InChI=1S/C17H27F2N5O2/c1-22(12-14-20-8-11-24(14)17(18)19)13-15(25)21-7-5-10-23-9-4-2-3-6-16(23)26/h8,11,17H,2-7,9-10,12-13H2,1H3,(H,21,25). The molecule has 0 spiro atoms. The highest BCUT2D eigenvalue weighted by molar-refractivity contribution is 5.78. The molecule has 1 N–H and O–H groups in total. The lowest BCUT2D eigenvalue weighted by Gasteiger charge is -2.20. The molecule has 9 heteroatoms. The summed E-state index contributed by atoms with van der Waals surface area (Å²) in [5.41, 5.74) is 0. The van der Waals surface area contributed by atoms with Crippen molar-refractivity contribution in [3.8, 4) is 0 Å². The molecule has 0 aromatic carbocycles. The molecule has 2 heterocycles. The molecule has 26 heavy (non-hydrogen) atoms. The van der Waals surface area contributed by atoms with Gasteiger partial charge < -0.3 is 10.2 Å². The van der Waals surface area contributed by atoms with E-state index in [0.717, 1.165) is 30.4 Å². The number of aromatic nitrogens is 2. The summed E-state index contributed by atoms with van der Waals surface area (Å²) in [6.45, 7) is -0.447. The topological polar surface area (TPSA) is 70.5 Å². The molecule has 1 aliphatic heterocycles. The molecule has 1 fully saturated rings. The number of amides is 2. The Morgan fingerprint density at radius 2 is 2.19 bits per heavy atom. The molecule has 1 aliphatic rings. The molecule has 0 aliphatic carbocycles. The second kappa shape index (κ2) is 10.2. The maximum Gasteiger partial charge on any atom is 0.319 e. The van der Waals surface area contributed by atoms with Crippen LogP contribution in [-0.4, -0.2) is 64.4 Å². The van der Waals surface area contributed by atoms with Crippen LogP contribution in [0.15, 0.2) is 12.4 Å². The number of nitrogens with one attached hydrogen (secondary N) is 1. The number of carbonyl (C=O) groups excluding carboxylic acids is 2. The zero-order valence-electron chi connectivity index (χ0n) is 15.2. The molecular formula is C17H27F2N5O2. The normalized spacial score (nSPS) is 15.6. The van der Waals surface area contributed by atoms with E-state index in [0.29, 0.717) is 25.9 Å². The van der Waals surface area contributed by atoms with E-state index >= 15 is 0 Å². The van der Waals surface area contributed by atoms with Gasteiger partial charge in [0, 0.05) is 38.4 Å². The van der Waals surface area contributed by atoms with Crippen LogP contribution in [0.2, 0.25) is 0 Å². The number of alkyl halides is 2. The highest BCUT2D eigenvalue weighted by atomic mass is 19.3. The Hall–Kier alpha value is -2.03. The Morgan fingerprint density at radius 3 is 2.96 bits per heavy atom. The van der Waals surface area contributed by atoms with Gasteiger partial charge in [-0.3, -0.25) is 19.1 Å². The van der Waals surface area contributed by atoms with E-state index in [1.165, 1.54) is 12.4 Å². The highest BCUT2D eigenvalue weighted by Gasteiger charge is 2.16. The van der Waals surface area contributed by atoms with Gasteiger partial charge in [-0.15, -0.1) is 0 Å². The first-order chi connectivity index (χ1) is 12.5. The fourth-order valence-electron chi connectivity index (χ4n) is 3.02. The Morgan fingerprint density at radius 1 is 1.38 bits per heavy atom. The van der Waals surface area contributed by atoms with Gasteiger partial charge in [-0.1, -0.05) is 6.42 Å². The molecule has 1 aromatic heterocycles. The smallest absolute Gasteiger partial charge is 0.319 e. The van der Waals surface area contributed by atoms with Gasteiger partial charge in [-0.2, -0.15) is 8.78 Å². The largest absolute Gasteiger partial charge is 0.355 e. The summed E-state index contributed by atoms with van der Waals surface area (Å²) in [5.74, 6) is 0.239. The molecule has 0 radical (unpaired) electrons. The van der Waals surface area contributed by atoms with Crippen LogP contribution in [0.3, 0.4) is 0 Å². The van der Waals surface area contributed by atoms with Gasteiger partial charge in [0.25, 0.3) is 0 Å². The number of imidazole rings is 1. The van der Waals surface area contributed by atoms with E-state index in [2.05, 4.69) is 10.3 Å². The SMILES string of the molecule is CN(CC(=O)NCCCN1CCCCCC1=O)Cc1nccn1C(F)F. The van der Waals surface area contributed by atoms with Crippen molar-refractivity contribution >= 4 is 11.8 Å². The van der Waals surface area contributed by atoms with Gasteiger partial charge >= 0.3 is 6.55 Å². The number of hydrogen-bond acceptors (Lipinski definition) is 4. The Bertz CT molecular complexity index is 593. The van der Waals surface area contributed by atoms with E-state index in [9.17, 15) is 18.4 Å². The summed E-state index contributed by atoms with van der Waals surface area (Å²) in [4.78, 5) is 31.3. The number of rotatable bonds is 9. The van der Waals surface area contributed by atoms with Crippen molar-refractivity contribution in [3.63, 3.8) is 0 Å². The maximum atomic E-state index is 12.8. The van der Waals surface area contributed by atoms with E-state index in [1.807, 2.05) is 4.90 Å². The van der Waals surface area contributed by atoms with Gasteiger partial charge in [0.05, 0.1) is 13.1 Å². The number of nitrogens with zero attached hydrogens (tertiary/aromatic N) is 4. The minimum Gasteiger partial charge on any atom is -0.355 e. The average Bonchev–Trinajstić information content (AvgIpc) is 2.94. The van der Waals surface area contributed by atoms with Crippen LogP contribution < -0.4 is 5.32 Å². The minimum atomic E-state index is -2.64. The molecule has 1 aromatic rings. The first kappa shape index (κ1) is 20.3. The van der Waals surface area contributed by atoms with Crippen LogP contribution >= 0.6 is 0 Å². The lowest BCUT2D eigenvalue weighted by atomic mass is 10.2. The van der Waals surface area contributed by atoms with E-state index in [-0.39, 0.29) is 30.7 Å². The van der Waals surface area contributed by atoms with Crippen LogP contribution in [-0.2, 0) is 16.1 Å². The third kappa shape index (κ3) is 6.36. The van der Waals surface area contributed by atoms with Crippen molar-refractivity contribution in [3.05, 3.63) is 18.2 Å². The Labute approximate surface area is 152 Å². The zero-order chi connectivity index (χ0) is 18.9. The summed E-state index contributed by atoms with van der Waals surface area (Å²) in [5, 5.41) is 2.81. The first-order valence-corrected chi connectivity index (χ1v) is 9.00.